The smallest absolute Gasteiger partial charge is 0.222 e. The molecule has 0 saturated carbocycles. The molecule has 2 aliphatic heterocycles. The molecule has 104 valence electrons. The first-order valence-electron chi connectivity index (χ1n) is 7.27. The van der Waals surface area contributed by atoms with Crippen LogP contribution in [0.15, 0.2) is 0 Å². The van der Waals surface area contributed by atoms with Gasteiger partial charge in [0, 0.05) is 45.2 Å². The molecule has 4 nitrogen and oxygen atoms in total. The molecule has 0 aromatic rings. The molecule has 1 amide bonds. The van der Waals surface area contributed by atoms with E-state index >= 15 is 0 Å². The summed E-state index contributed by atoms with van der Waals surface area (Å²) >= 11 is 0. The Morgan fingerprint density at radius 1 is 1.28 bits per heavy atom. The molecule has 2 fully saturated rings. The van der Waals surface area contributed by atoms with Crippen molar-refractivity contribution >= 4 is 5.91 Å². The number of carbonyl (C=O) groups excluding carboxylic acids is 1. The molecule has 0 radical (unpaired) electrons. The molecule has 2 saturated heterocycles. The second-order valence-corrected chi connectivity index (χ2v) is 6.24. The van der Waals surface area contributed by atoms with Crippen molar-refractivity contribution in [3.05, 3.63) is 0 Å². The van der Waals surface area contributed by atoms with E-state index in [-0.39, 0.29) is 0 Å². The van der Waals surface area contributed by atoms with Gasteiger partial charge in [-0.2, -0.15) is 0 Å². The second kappa shape index (κ2) is 5.57. The Hall–Kier alpha value is -0.610. The van der Waals surface area contributed by atoms with E-state index in [2.05, 4.69) is 24.1 Å². The molecule has 0 bridgehead atoms. The van der Waals surface area contributed by atoms with Gasteiger partial charge in [-0.25, -0.2) is 0 Å². The number of amides is 1. The zero-order valence-electron chi connectivity index (χ0n) is 12.0. The summed E-state index contributed by atoms with van der Waals surface area (Å²) in [5.41, 5.74) is 0.342. The van der Waals surface area contributed by atoms with E-state index in [0.29, 0.717) is 23.8 Å². The van der Waals surface area contributed by atoms with Crippen molar-refractivity contribution in [2.24, 2.45) is 5.41 Å². The van der Waals surface area contributed by atoms with E-state index in [9.17, 15) is 4.79 Å². The molecule has 0 aromatic heterocycles. The van der Waals surface area contributed by atoms with Crippen LogP contribution in [0.4, 0.5) is 0 Å². The molecule has 0 spiro atoms. The van der Waals surface area contributed by atoms with Crippen LogP contribution in [0.5, 0.6) is 0 Å². The van der Waals surface area contributed by atoms with Crippen molar-refractivity contribution < 1.29 is 4.79 Å². The highest BCUT2D eigenvalue weighted by molar-refractivity contribution is 5.75. The van der Waals surface area contributed by atoms with Gasteiger partial charge < -0.3 is 10.2 Å². The summed E-state index contributed by atoms with van der Waals surface area (Å²) in [4.78, 5) is 16.3. The van der Waals surface area contributed by atoms with Gasteiger partial charge in [0.15, 0.2) is 0 Å². The Labute approximate surface area is 111 Å². The first-order chi connectivity index (χ1) is 8.54. The molecular weight excluding hydrogens is 226 g/mol. The molecule has 1 unspecified atom stereocenters. The van der Waals surface area contributed by atoms with Crippen molar-refractivity contribution in [2.75, 3.05) is 39.3 Å². The summed E-state index contributed by atoms with van der Waals surface area (Å²) in [6.45, 7) is 12.8. The Bertz CT molecular complexity index is 295. The van der Waals surface area contributed by atoms with Crippen LogP contribution in [-0.2, 0) is 4.79 Å². The van der Waals surface area contributed by atoms with Crippen LogP contribution in [0.25, 0.3) is 0 Å². The SMILES string of the molecule is CCC(=O)N1CCN(C2CCNCC2(C)C)CC1. The Balaban J connectivity index is 1.91. The van der Waals surface area contributed by atoms with Crippen molar-refractivity contribution in [3.8, 4) is 0 Å². The summed E-state index contributed by atoms with van der Waals surface area (Å²) in [6, 6.07) is 0.664. The Morgan fingerprint density at radius 3 is 2.50 bits per heavy atom. The normalized spacial score (nSPS) is 29.3. The van der Waals surface area contributed by atoms with Crippen LogP contribution >= 0.6 is 0 Å². The largest absolute Gasteiger partial charge is 0.340 e. The van der Waals surface area contributed by atoms with Gasteiger partial charge >= 0.3 is 0 Å². The van der Waals surface area contributed by atoms with E-state index in [4.69, 9.17) is 0 Å². The van der Waals surface area contributed by atoms with Crippen LogP contribution in [0.3, 0.4) is 0 Å². The molecule has 2 rings (SSSR count). The number of rotatable bonds is 2. The third-order valence-electron chi connectivity index (χ3n) is 4.49. The van der Waals surface area contributed by atoms with Gasteiger partial charge in [0.2, 0.25) is 5.91 Å². The standard InChI is InChI=1S/C14H27N3O/c1-4-13(18)17-9-7-16(8-10-17)12-5-6-15-11-14(12,2)3/h12,15H,4-11H2,1-3H3. The van der Waals surface area contributed by atoms with Gasteiger partial charge in [0.25, 0.3) is 0 Å². The maximum Gasteiger partial charge on any atom is 0.222 e. The minimum absolute atomic E-state index is 0.305. The van der Waals surface area contributed by atoms with Crippen LogP contribution in [0.2, 0.25) is 0 Å². The minimum atomic E-state index is 0.305. The molecule has 0 aromatic carbocycles. The van der Waals surface area contributed by atoms with Crippen molar-refractivity contribution in [1.29, 1.82) is 0 Å². The van der Waals surface area contributed by atoms with E-state index in [0.717, 1.165) is 39.3 Å². The highest BCUT2D eigenvalue weighted by Crippen LogP contribution is 2.30. The Kier molecular flexibility index (Phi) is 4.28. The average Bonchev–Trinajstić information content (AvgIpc) is 2.37. The zero-order valence-corrected chi connectivity index (χ0v) is 12.0. The third kappa shape index (κ3) is 2.86. The van der Waals surface area contributed by atoms with Crippen molar-refractivity contribution in [3.63, 3.8) is 0 Å². The van der Waals surface area contributed by atoms with E-state index in [1.165, 1.54) is 6.42 Å². The lowest BCUT2D eigenvalue weighted by molar-refractivity contribution is -0.133. The summed E-state index contributed by atoms with van der Waals surface area (Å²) < 4.78 is 0. The fourth-order valence-corrected chi connectivity index (χ4v) is 3.34. The third-order valence-corrected chi connectivity index (χ3v) is 4.49. The quantitative estimate of drug-likeness (QED) is 0.795. The lowest BCUT2D eigenvalue weighted by Gasteiger charge is -2.48. The van der Waals surface area contributed by atoms with Crippen LogP contribution in [0.1, 0.15) is 33.6 Å². The van der Waals surface area contributed by atoms with E-state index in [1.54, 1.807) is 0 Å². The number of carbonyl (C=O) groups is 1. The highest BCUT2D eigenvalue weighted by atomic mass is 16.2. The molecular formula is C14H27N3O. The molecule has 4 heteroatoms. The van der Waals surface area contributed by atoms with Gasteiger partial charge in [-0.3, -0.25) is 9.69 Å². The van der Waals surface area contributed by atoms with Crippen molar-refractivity contribution in [1.82, 2.24) is 15.1 Å². The lowest BCUT2D eigenvalue weighted by atomic mass is 9.79. The van der Waals surface area contributed by atoms with Crippen LogP contribution in [0, 0.1) is 5.41 Å². The maximum absolute atomic E-state index is 11.7. The zero-order chi connectivity index (χ0) is 13.2. The summed E-state index contributed by atoms with van der Waals surface area (Å²) in [5.74, 6) is 0.305. The first-order valence-corrected chi connectivity index (χ1v) is 7.27. The minimum Gasteiger partial charge on any atom is -0.340 e. The molecule has 2 heterocycles. The van der Waals surface area contributed by atoms with E-state index in [1.807, 2.05) is 11.8 Å². The van der Waals surface area contributed by atoms with E-state index < -0.39 is 0 Å². The topological polar surface area (TPSA) is 35.6 Å². The van der Waals surface area contributed by atoms with Gasteiger partial charge in [0.1, 0.15) is 0 Å². The number of nitrogens with one attached hydrogen (secondary N) is 1. The fraction of sp³-hybridized carbons (Fsp3) is 0.929. The number of nitrogens with zero attached hydrogens (tertiary/aromatic N) is 2. The van der Waals surface area contributed by atoms with Crippen molar-refractivity contribution in [2.45, 2.75) is 39.7 Å². The molecule has 18 heavy (non-hydrogen) atoms. The Morgan fingerprint density at radius 2 is 1.94 bits per heavy atom. The van der Waals surface area contributed by atoms with Gasteiger partial charge in [0.05, 0.1) is 0 Å². The van der Waals surface area contributed by atoms with Gasteiger partial charge in [-0.1, -0.05) is 20.8 Å². The predicted molar refractivity (Wildman–Crippen MR) is 73.5 cm³/mol. The monoisotopic (exact) mass is 253 g/mol. The fourth-order valence-electron chi connectivity index (χ4n) is 3.34. The second-order valence-electron chi connectivity index (χ2n) is 6.24. The first kappa shape index (κ1) is 13.8. The van der Waals surface area contributed by atoms with Crippen LogP contribution in [-0.4, -0.2) is 61.0 Å². The summed E-state index contributed by atoms with van der Waals surface area (Å²) in [6.07, 6.45) is 1.87. The van der Waals surface area contributed by atoms with Crippen LogP contribution < -0.4 is 5.32 Å². The van der Waals surface area contributed by atoms with Gasteiger partial charge in [-0.05, 0) is 18.4 Å². The maximum atomic E-state index is 11.7. The highest BCUT2D eigenvalue weighted by Gasteiger charge is 2.37. The number of hydrogen-bond donors (Lipinski definition) is 1. The molecule has 2 aliphatic rings. The summed E-state index contributed by atoms with van der Waals surface area (Å²) in [5, 5.41) is 3.49. The number of piperidine rings is 1. The predicted octanol–water partition coefficient (Wildman–Crippen LogP) is 0.929. The van der Waals surface area contributed by atoms with Gasteiger partial charge in [-0.15, -0.1) is 0 Å². The number of hydrogen-bond acceptors (Lipinski definition) is 3. The molecule has 1 N–H and O–H groups in total. The number of piperazine rings is 1. The molecule has 1 atom stereocenters. The molecule has 0 aliphatic carbocycles. The lowest BCUT2D eigenvalue weighted by Crippen LogP contribution is -2.59. The summed E-state index contributed by atoms with van der Waals surface area (Å²) in [7, 11) is 0. The average molecular weight is 253 g/mol.